The molecular formula is C9H14N4. The maximum absolute atomic E-state index is 4.14. The van der Waals surface area contributed by atoms with E-state index in [-0.39, 0.29) is 0 Å². The zero-order valence-corrected chi connectivity index (χ0v) is 8.04. The third kappa shape index (κ3) is 3.72. The summed E-state index contributed by atoms with van der Waals surface area (Å²) in [6, 6.07) is 0. The second-order valence-electron chi connectivity index (χ2n) is 2.69. The maximum atomic E-state index is 4.14. The van der Waals surface area contributed by atoms with Crippen LogP contribution in [-0.2, 0) is 13.6 Å². The van der Waals surface area contributed by atoms with Crippen LogP contribution < -0.4 is 5.32 Å². The quantitative estimate of drug-likeness (QED) is 0.533. The summed E-state index contributed by atoms with van der Waals surface area (Å²) in [7, 11) is 1.86. The van der Waals surface area contributed by atoms with E-state index in [0.29, 0.717) is 6.54 Å². The monoisotopic (exact) mass is 178 g/mol. The van der Waals surface area contributed by atoms with E-state index in [1.807, 2.05) is 14.0 Å². The summed E-state index contributed by atoms with van der Waals surface area (Å²) in [4.78, 5) is 4.09. The summed E-state index contributed by atoms with van der Waals surface area (Å²) in [5.74, 6) is 6.65. The van der Waals surface area contributed by atoms with Gasteiger partial charge in [0.05, 0.1) is 6.54 Å². The van der Waals surface area contributed by atoms with Crippen molar-refractivity contribution in [1.82, 2.24) is 20.1 Å². The van der Waals surface area contributed by atoms with Gasteiger partial charge in [0, 0.05) is 20.0 Å². The molecule has 4 heteroatoms. The second-order valence-corrected chi connectivity index (χ2v) is 2.69. The van der Waals surface area contributed by atoms with Gasteiger partial charge in [0.1, 0.15) is 6.33 Å². The number of nitrogens with zero attached hydrogens (tertiary/aromatic N) is 3. The summed E-state index contributed by atoms with van der Waals surface area (Å²) < 4.78 is 1.70. The molecule has 70 valence electrons. The van der Waals surface area contributed by atoms with Crippen LogP contribution in [0.3, 0.4) is 0 Å². The highest BCUT2D eigenvalue weighted by Crippen LogP contribution is 1.86. The molecule has 1 aromatic rings. The van der Waals surface area contributed by atoms with E-state index in [1.165, 1.54) is 0 Å². The van der Waals surface area contributed by atoms with Crippen LogP contribution in [0.5, 0.6) is 0 Å². The molecule has 0 spiro atoms. The van der Waals surface area contributed by atoms with Crippen LogP contribution in [0.25, 0.3) is 0 Å². The number of hydrogen-bond acceptors (Lipinski definition) is 3. The number of nitrogens with one attached hydrogen (secondary N) is 1. The van der Waals surface area contributed by atoms with Gasteiger partial charge in [-0.2, -0.15) is 5.10 Å². The van der Waals surface area contributed by atoms with Crippen LogP contribution in [-0.4, -0.2) is 21.3 Å². The van der Waals surface area contributed by atoms with Gasteiger partial charge in [-0.15, -0.1) is 11.8 Å². The molecule has 0 atom stereocenters. The smallest absolute Gasteiger partial charge is 0.164 e. The summed E-state index contributed by atoms with van der Waals surface area (Å²) in [6.07, 6.45) is 2.58. The molecule has 0 bridgehead atoms. The Hall–Kier alpha value is -1.34. The van der Waals surface area contributed by atoms with Crippen molar-refractivity contribution in [3.05, 3.63) is 12.2 Å². The van der Waals surface area contributed by atoms with Crippen LogP contribution >= 0.6 is 0 Å². The molecule has 0 saturated carbocycles. The minimum absolute atomic E-state index is 0.715. The van der Waals surface area contributed by atoms with Crippen LogP contribution in [0, 0.1) is 11.8 Å². The van der Waals surface area contributed by atoms with Gasteiger partial charge in [-0.1, -0.05) is 0 Å². The fourth-order valence-corrected chi connectivity index (χ4v) is 0.941. The zero-order chi connectivity index (χ0) is 9.52. The molecule has 1 aromatic heterocycles. The van der Waals surface area contributed by atoms with Crippen LogP contribution in [0.2, 0.25) is 0 Å². The largest absolute Gasteiger partial charge is 0.309 e. The van der Waals surface area contributed by atoms with Crippen molar-refractivity contribution in [3.63, 3.8) is 0 Å². The average Bonchev–Trinajstić information content (AvgIpc) is 2.51. The van der Waals surface area contributed by atoms with Crippen LogP contribution in [0.1, 0.15) is 19.2 Å². The van der Waals surface area contributed by atoms with Crippen molar-refractivity contribution in [2.75, 3.05) is 6.54 Å². The SMILES string of the molecule is CC#CCCNCc1ncn(C)n1. The van der Waals surface area contributed by atoms with Gasteiger partial charge in [-0.05, 0) is 6.92 Å². The molecule has 0 amide bonds. The van der Waals surface area contributed by atoms with E-state index in [2.05, 4.69) is 27.2 Å². The molecule has 0 fully saturated rings. The first-order valence-corrected chi connectivity index (χ1v) is 4.28. The third-order valence-electron chi connectivity index (χ3n) is 1.53. The van der Waals surface area contributed by atoms with E-state index in [4.69, 9.17) is 0 Å². The minimum atomic E-state index is 0.715. The Balaban J connectivity index is 2.15. The van der Waals surface area contributed by atoms with Gasteiger partial charge in [0.2, 0.25) is 0 Å². The Bertz CT molecular complexity index is 305. The van der Waals surface area contributed by atoms with E-state index >= 15 is 0 Å². The zero-order valence-electron chi connectivity index (χ0n) is 8.04. The first-order valence-electron chi connectivity index (χ1n) is 4.28. The topological polar surface area (TPSA) is 42.7 Å². The van der Waals surface area contributed by atoms with Gasteiger partial charge in [0.15, 0.2) is 5.82 Å². The molecule has 0 aliphatic rings. The predicted molar refractivity (Wildman–Crippen MR) is 50.8 cm³/mol. The van der Waals surface area contributed by atoms with E-state index < -0.39 is 0 Å². The first kappa shape index (κ1) is 9.75. The van der Waals surface area contributed by atoms with Crippen molar-refractivity contribution < 1.29 is 0 Å². The lowest BCUT2D eigenvalue weighted by molar-refractivity contribution is 0.656. The lowest BCUT2D eigenvalue weighted by Gasteiger charge is -1.96. The second kappa shape index (κ2) is 5.33. The molecule has 1 N–H and O–H groups in total. The first-order chi connectivity index (χ1) is 6.33. The number of aryl methyl sites for hydroxylation is 1. The standard InChI is InChI=1S/C9H14N4/c1-3-4-5-6-10-7-9-11-8-13(2)12-9/h8,10H,5-7H2,1-2H3. The molecule has 0 aliphatic heterocycles. The lowest BCUT2D eigenvalue weighted by atomic mass is 10.4. The van der Waals surface area contributed by atoms with Crippen molar-refractivity contribution in [1.29, 1.82) is 0 Å². The molecule has 13 heavy (non-hydrogen) atoms. The van der Waals surface area contributed by atoms with E-state index in [1.54, 1.807) is 11.0 Å². The van der Waals surface area contributed by atoms with Gasteiger partial charge in [-0.25, -0.2) is 4.98 Å². The normalized spacial score (nSPS) is 9.38. The molecule has 1 heterocycles. The molecule has 0 radical (unpaired) electrons. The predicted octanol–water partition coefficient (Wildman–Crippen LogP) is 0.318. The van der Waals surface area contributed by atoms with Crippen molar-refractivity contribution in [2.45, 2.75) is 19.9 Å². The summed E-state index contributed by atoms with van der Waals surface area (Å²) in [5, 5.41) is 7.34. The fraction of sp³-hybridized carbons (Fsp3) is 0.556. The number of rotatable bonds is 4. The van der Waals surface area contributed by atoms with Crippen LogP contribution in [0.4, 0.5) is 0 Å². The average molecular weight is 178 g/mol. The Kier molecular flexibility index (Phi) is 4.00. The Labute approximate surface area is 78.4 Å². The number of hydrogen-bond donors (Lipinski definition) is 1. The highest BCUT2D eigenvalue weighted by molar-refractivity contribution is 4.95. The molecule has 4 nitrogen and oxygen atoms in total. The highest BCUT2D eigenvalue weighted by Gasteiger charge is 1.95. The highest BCUT2D eigenvalue weighted by atomic mass is 15.3. The Morgan fingerprint density at radius 2 is 2.46 bits per heavy atom. The van der Waals surface area contributed by atoms with Gasteiger partial charge in [0.25, 0.3) is 0 Å². The summed E-state index contributed by atoms with van der Waals surface area (Å²) >= 11 is 0. The van der Waals surface area contributed by atoms with E-state index in [0.717, 1.165) is 18.8 Å². The molecular weight excluding hydrogens is 164 g/mol. The fourth-order valence-electron chi connectivity index (χ4n) is 0.941. The number of aromatic nitrogens is 3. The van der Waals surface area contributed by atoms with E-state index in [9.17, 15) is 0 Å². The lowest BCUT2D eigenvalue weighted by Crippen LogP contribution is -2.15. The third-order valence-corrected chi connectivity index (χ3v) is 1.53. The Morgan fingerprint density at radius 1 is 1.62 bits per heavy atom. The minimum Gasteiger partial charge on any atom is -0.309 e. The van der Waals surface area contributed by atoms with Gasteiger partial charge in [-0.3, -0.25) is 4.68 Å². The molecule has 1 rings (SSSR count). The van der Waals surface area contributed by atoms with Gasteiger partial charge >= 0.3 is 0 Å². The van der Waals surface area contributed by atoms with Crippen molar-refractivity contribution in [3.8, 4) is 11.8 Å². The van der Waals surface area contributed by atoms with Crippen LogP contribution in [0.15, 0.2) is 6.33 Å². The van der Waals surface area contributed by atoms with Gasteiger partial charge < -0.3 is 5.32 Å². The van der Waals surface area contributed by atoms with Crippen molar-refractivity contribution >= 4 is 0 Å². The Morgan fingerprint density at radius 3 is 3.08 bits per heavy atom. The molecule has 0 aromatic carbocycles. The molecule has 0 saturated heterocycles. The van der Waals surface area contributed by atoms with Crippen molar-refractivity contribution in [2.24, 2.45) is 7.05 Å². The summed E-state index contributed by atoms with van der Waals surface area (Å²) in [5.41, 5.74) is 0. The molecule has 0 unspecified atom stereocenters. The molecule has 0 aliphatic carbocycles. The maximum Gasteiger partial charge on any atom is 0.164 e. The summed E-state index contributed by atoms with van der Waals surface area (Å²) in [6.45, 7) is 3.45.